The van der Waals surface area contributed by atoms with E-state index in [0.717, 1.165) is 44.2 Å². The van der Waals surface area contributed by atoms with Gasteiger partial charge < -0.3 is 4.90 Å². The van der Waals surface area contributed by atoms with Crippen LogP contribution in [0.4, 0.5) is 11.4 Å². The summed E-state index contributed by atoms with van der Waals surface area (Å²) >= 11 is 9.35. The van der Waals surface area contributed by atoms with Crippen molar-refractivity contribution in [2.24, 2.45) is 4.99 Å². The number of nitrogens with zero attached hydrogens (tertiary/aromatic N) is 3. The Bertz CT molecular complexity index is 1050. The molecule has 4 nitrogen and oxygen atoms in total. The minimum atomic E-state index is 0.0786. The number of aliphatic imine (C=N–C) groups is 1. The van der Waals surface area contributed by atoms with Gasteiger partial charge in [0.2, 0.25) is 0 Å². The minimum absolute atomic E-state index is 0.0786. The first kappa shape index (κ1) is 20.0. The zero-order valence-electron chi connectivity index (χ0n) is 16.7. The van der Waals surface area contributed by atoms with Gasteiger partial charge in [0.05, 0.1) is 16.4 Å². The number of rotatable bonds is 2. The predicted molar refractivity (Wildman–Crippen MR) is 128 cm³/mol. The maximum absolute atomic E-state index is 13.7. The van der Waals surface area contributed by atoms with Crippen LogP contribution >= 0.6 is 35.1 Å². The molecule has 0 radical (unpaired) electrons. The third kappa shape index (κ3) is 3.66. The molecule has 30 heavy (non-hydrogen) atoms. The van der Waals surface area contributed by atoms with Crippen LogP contribution in [0.15, 0.2) is 68.4 Å². The van der Waals surface area contributed by atoms with Crippen molar-refractivity contribution in [3.63, 3.8) is 0 Å². The van der Waals surface area contributed by atoms with E-state index in [1.54, 1.807) is 11.8 Å². The lowest BCUT2D eigenvalue weighted by atomic mass is 9.94. The monoisotopic (exact) mass is 455 g/mol. The molecular weight excluding hydrogens is 434 g/mol. The average Bonchev–Trinajstić information content (AvgIpc) is 3.26. The van der Waals surface area contributed by atoms with E-state index in [0.29, 0.717) is 5.02 Å². The van der Waals surface area contributed by atoms with Gasteiger partial charge in [0.25, 0.3) is 5.91 Å². The highest BCUT2D eigenvalue weighted by Crippen LogP contribution is 2.51. The molecule has 1 saturated heterocycles. The fourth-order valence-electron chi connectivity index (χ4n) is 4.19. The Morgan fingerprint density at radius 2 is 1.80 bits per heavy atom. The fraction of sp³-hybridized carbons (Fsp3) is 0.304. The summed E-state index contributed by atoms with van der Waals surface area (Å²) in [5.74, 6) is 0.0786. The van der Waals surface area contributed by atoms with Crippen LogP contribution in [0.2, 0.25) is 5.02 Å². The van der Waals surface area contributed by atoms with Crippen LogP contribution in [0.5, 0.6) is 0 Å². The number of anilines is 1. The summed E-state index contributed by atoms with van der Waals surface area (Å²) in [6.45, 7) is 0. The number of benzene rings is 2. The lowest BCUT2D eigenvalue weighted by Crippen LogP contribution is -2.40. The van der Waals surface area contributed by atoms with Crippen LogP contribution in [-0.2, 0) is 4.79 Å². The number of hydrogen-bond acceptors (Lipinski definition) is 5. The third-order valence-corrected chi connectivity index (χ3v) is 8.36. The number of hydrogen-bond donors (Lipinski definition) is 0. The Labute approximate surface area is 190 Å². The second-order valence-electron chi connectivity index (χ2n) is 7.71. The Hall–Kier alpha value is -1.89. The number of amides is 1. The SMILES string of the molecule is CN1C(=C2SC(=Nc3ccccc3)N(C3CCCCC3)C2=O)Sc2ccc(Cl)cc21. The van der Waals surface area contributed by atoms with E-state index < -0.39 is 0 Å². The van der Waals surface area contributed by atoms with Gasteiger partial charge in [-0.2, -0.15) is 0 Å². The Morgan fingerprint density at radius 3 is 2.57 bits per heavy atom. The molecule has 0 unspecified atom stereocenters. The molecule has 0 N–H and O–H groups in total. The molecule has 2 heterocycles. The van der Waals surface area contributed by atoms with E-state index in [1.165, 1.54) is 31.0 Å². The smallest absolute Gasteiger partial charge is 0.269 e. The molecule has 3 aliphatic rings. The van der Waals surface area contributed by atoms with E-state index >= 15 is 0 Å². The van der Waals surface area contributed by atoms with Gasteiger partial charge in [0.1, 0.15) is 4.91 Å². The van der Waals surface area contributed by atoms with E-state index in [4.69, 9.17) is 16.6 Å². The summed E-state index contributed by atoms with van der Waals surface area (Å²) in [5.41, 5.74) is 1.92. The van der Waals surface area contributed by atoms with Crippen molar-refractivity contribution >= 4 is 57.6 Å². The number of halogens is 1. The summed E-state index contributed by atoms with van der Waals surface area (Å²) < 4.78 is 0. The van der Waals surface area contributed by atoms with Gasteiger partial charge in [-0.15, -0.1) is 0 Å². The van der Waals surface area contributed by atoms with E-state index in [9.17, 15) is 4.79 Å². The minimum Gasteiger partial charge on any atom is -0.337 e. The molecule has 0 spiro atoms. The highest BCUT2D eigenvalue weighted by atomic mass is 35.5. The van der Waals surface area contributed by atoms with Crippen LogP contribution in [0, 0.1) is 0 Å². The maximum atomic E-state index is 13.7. The first-order valence-electron chi connectivity index (χ1n) is 10.2. The molecule has 0 aromatic heterocycles. The molecule has 2 aromatic carbocycles. The summed E-state index contributed by atoms with van der Waals surface area (Å²) in [7, 11) is 2.00. The van der Waals surface area contributed by atoms with Crippen LogP contribution in [0.3, 0.4) is 0 Å². The lowest BCUT2D eigenvalue weighted by molar-refractivity contribution is -0.124. The Kier molecular flexibility index (Phi) is 5.56. The first-order chi connectivity index (χ1) is 14.6. The number of fused-ring (bicyclic) bond motifs is 1. The van der Waals surface area contributed by atoms with Crippen LogP contribution < -0.4 is 4.90 Å². The molecular formula is C23H22ClN3OS2. The molecule has 0 atom stereocenters. The maximum Gasteiger partial charge on any atom is 0.269 e. The lowest BCUT2D eigenvalue weighted by Gasteiger charge is -2.30. The van der Waals surface area contributed by atoms with Crippen molar-refractivity contribution in [1.82, 2.24) is 4.90 Å². The van der Waals surface area contributed by atoms with Gasteiger partial charge in [-0.1, -0.05) is 60.8 Å². The van der Waals surface area contributed by atoms with Gasteiger partial charge >= 0.3 is 0 Å². The zero-order valence-corrected chi connectivity index (χ0v) is 19.1. The van der Waals surface area contributed by atoms with Gasteiger partial charge in [-0.25, -0.2) is 4.99 Å². The normalized spacial score (nSPS) is 23.5. The fourth-order valence-corrected chi connectivity index (χ4v) is 6.74. The molecule has 0 bridgehead atoms. The highest BCUT2D eigenvalue weighted by molar-refractivity contribution is 8.19. The van der Waals surface area contributed by atoms with Crippen LogP contribution in [-0.4, -0.2) is 29.1 Å². The predicted octanol–water partition coefficient (Wildman–Crippen LogP) is 6.65. The van der Waals surface area contributed by atoms with Gasteiger partial charge in [0, 0.05) is 23.0 Å². The summed E-state index contributed by atoms with van der Waals surface area (Å²) in [6.07, 6.45) is 5.67. The van der Waals surface area contributed by atoms with Crippen molar-refractivity contribution in [2.75, 3.05) is 11.9 Å². The molecule has 2 fully saturated rings. The second kappa shape index (κ2) is 8.33. The second-order valence-corrected chi connectivity index (χ2v) is 10.2. The number of amidine groups is 1. The number of para-hydroxylation sites is 1. The van der Waals surface area contributed by atoms with Crippen LogP contribution in [0.25, 0.3) is 0 Å². The van der Waals surface area contributed by atoms with Crippen molar-refractivity contribution in [3.8, 4) is 0 Å². The molecule has 2 aliphatic heterocycles. The van der Waals surface area contributed by atoms with Gasteiger partial charge in [0.15, 0.2) is 5.17 Å². The van der Waals surface area contributed by atoms with E-state index in [-0.39, 0.29) is 11.9 Å². The summed E-state index contributed by atoms with van der Waals surface area (Å²) in [5, 5.41) is 2.46. The third-order valence-electron chi connectivity index (χ3n) is 5.72. The Morgan fingerprint density at radius 1 is 1.03 bits per heavy atom. The highest BCUT2D eigenvalue weighted by Gasteiger charge is 2.42. The van der Waals surface area contributed by atoms with E-state index in [2.05, 4.69) is 4.90 Å². The van der Waals surface area contributed by atoms with Gasteiger partial charge in [-0.05, 0) is 54.9 Å². The van der Waals surface area contributed by atoms with Crippen molar-refractivity contribution in [3.05, 3.63) is 63.5 Å². The molecule has 2 aromatic rings. The Balaban J connectivity index is 1.55. The number of thioether (sulfide) groups is 2. The molecule has 154 valence electrons. The van der Waals surface area contributed by atoms with E-state index in [1.807, 2.05) is 60.5 Å². The summed E-state index contributed by atoms with van der Waals surface area (Å²) in [4.78, 5) is 24.5. The molecule has 7 heteroatoms. The molecule has 1 aliphatic carbocycles. The first-order valence-corrected chi connectivity index (χ1v) is 12.2. The largest absolute Gasteiger partial charge is 0.337 e. The van der Waals surface area contributed by atoms with Crippen molar-refractivity contribution < 1.29 is 4.79 Å². The standard InChI is InChI=1S/C23H22ClN3OS2/c1-26-18-14-15(24)12-13-19(18)29-22(26)20-21(28)27(17-10-6-3-7-11-17)23(30-20)25-16-8-4-2-5-9-16/h2,4-5,8-9,12-14,17H,3,6-7,10-11H2,1H3. The number of carbonyl (C=O) groups excluding carboxylic acids is 1. The topological polar surface area (TPSA) is 35.9 Å². The molecule has 1 saturated carbocycles. The quantitative estimate of drug-likeness (QED) is 0.475. The summed E-state index contributed by atoms with van der Waals surface area (Å²) in [6, 6.07) is 16.0. The molecule has 1 amide bonds. The van der Waals surface area contributed by atoms with Crippen molar-refractivity contribution in [1.29, 1.82) is 0 Å². The van der Waals surface area contributed by atoms with Gasteiger partial charge in [-0.3, -0.25) is 9.69 Å². The molecule has 5 rings (SSSR count). The van der Waals surface area contributed by atoms with Crippen LogP contribution in [0.1, 0.15) is 32.1 Å². The zero-order chi connectivity index (χ0) is 20.7. The average molecular weight is 456 g/mol. The number of carbonyl (C=O) groups is 1. The van der Waals surface area contributed by atoms with Crippen molar-refractivity contribution in [2.45, 2.75) is 43.0 Å².